The number of rotatable bonds is 3. The summed E-state index contributed by atoms with van der Waals surface area (Å²) < 4.78 is 2.42. The van der Waals surface area contributed by atoms with Crippen LogP contribution in [0.15, 0.2) is 0 Å². The van der Waals surface area contributed by atoms with Gasteiger partial charge in [0, 0.05) is 38.1 Å². The standard InChI is InChI=1S/C20H33N5O/c1-14(2)24-10-7-17(20(24)26)23-8-5-16(6-9-23)19-18-13-22(4)11-12-25(18)15(3)21-19/h14,16-17H,5-13H2,1-4H3. The first-order chi connectivity index (χ1) is 12.5. The first-order valence-corrected chi connectivity index (χ1v) is 10.2. The van der Waals surface area contributed by atoms with Crippen molar-refractivity contribution in [2.75, 3.05) is 33.2 Å². The van der Waals surface area contributed by atoms with Crippen LogP contribution in [0, 0.1) is 6.92 Å². The maximum absolute atomic E-state index is 12.7. The van der Waals surface area contributed by atoms with Crippen molar-refractivity contribution >= 4 is 5.91 Å². The second-order valence-corrected chi connectivity index (χ2v) is 8.62. The van der Waals surface area contributed by atoms with Gasteiger partial charge < -0.3 is 9.47 Å². The van der Waals surface area contributed by atoms with Crippen LogP contribution in [-0.4, -0.2) is 75.5 Å². The average molecular weight is 360 g/mol. The number of aromatic nitrogens is 2. The summed E-state index contributed by atoms with van der Waals surface area (Å²) in [6.07, 6.45) is 3.24. The Kier molecular flexibility index (Phi) is 4.82. The van der Waals surface area contributed by atoms with Gasteiger partial charge >= 0.3 is 0 Å². The number of likely N-dealkylation sites (N-methyl/N-ethyl adjacent to an activating group) is 1. The fourth-order valence-electron chi connectivity index (χ4n) is 5.05. The minimum atomic E-state index is 0.113. The Balaban J connectivity index is 1.43. The van der Waals surface area contributed by atoms with Crippen molar-refractivity contribution in [3.63, 3.8) is 0 Å². The third-order valence-corrected chi connectivity index (χ3v) is 6.61. The Morgan fingerprint density at radius 1 is 1.04 bits per heavy atom. The Labute approximate surface area is 157 Å². The monoisotopic (exact) mass is 359 g/mol. The zero-order chi connectivity index (χ0) is 18.4. The molecule has 0 N–H and O–H groups in total. The molecule has 1 aromatic heterocycles. The lowest BCUT2D eigenvalue weighted by Gasteiger charge is -2.35. The molecular weight excluding hydrogens is 326 g/mol. The highest BCUT2D eigenvalue weighted by atomic mass is 16.2. The molecule has 3 aliphatic rings. The molecule has 0 saturated carbocycles. The predicted molar refractivity (Wildman–Crippen MR) is 102 cm³/mol. The molecule has 1 aromatic rings. The third-order valence-electron chi connectivity index (χ3n) is 6.61. The number of carbonyl (C=O) groups is 1. The predicted octanol–water partition coefficient (Wildman–Crippen LogP) is 1.83. The van der Waals surface area contributed by atoms with Gasteiger partial charge in [0.1, 0.15) is 5.82 Å². The number of hydrogen-bond donors (Lipinski definition) is 0. The number of imidazole rings is 1. The highest BCUT2D eigenvalue weighted by Gasteiger charge is 2.39. The molecule has 6 heteroatoms. The molecule has 144 valence electrons. The maximum Gasteiger partial charge on any atom is 0.240 e. The van der Waals surface area contributed by atoms with Crippen molar-refractivity contribution < 1.29 is 4.79 Å². The molecule has 3 aliphatic heterocycles. The van der Waals surface area contributed by atoms with Crippen LogP contribution >= 0.6 is 0 Å². The zero-order valence-electron chi connectivity index (χ0n) is 16.7. The molecule has 4 heterocycles. The van der Waals surface area contributed by atoms with Gasteiger partial charge in [0.2, 0.25) is 5.91 Å². The van der Waals surface area contributed by atoms with Gasteiger partial charge in [0.05, 0.1) is 17.4 Å². The van der Waals surface area contributed by atoms with Crippen LogP contribution in [0.5, 0.6) is 0 Å². The van der Waals surface area contributed by atoms with Crippen molar-refractivity contribution in [3.05, 3.63) is 17.2 Å². The van der Waals surface area contributed by atoms with Gasteiger partial charge in [-0.15, -0.1) is 0 Å². The van der Waals surface area contributed by atoms with Crippen molar-refractivity contribution in [2.24, 2.45) is 0 Å². The Morgan fingerprint density at radius 3 is 2.42 bits per heavy atom. The lowest BCUT2D eigenvalue weighted by atomic mass is 9.91. The van der Waals surface area contributed by atoms with Gasteiger partial charge in [0.15, 0.2) is 0 Å². The van der Waals surface area contributed by atoms with Crippen LogP contribution in [0.2, 0.25) is 0 Å². The van der Waals surface area contributed by atoms with Crippen LogP contribution in [0.4, 0.5) is 0 Å². The average Bonchev–Trinajstić information content (AvgIpc) is 3.15. The number of hydrogen-bond acceptors (Lipinski definition) is 4. The number of carbonyl (C=O) groups excluding carboxylic acids is 1. The molecule has 0 aliphatic carbocycles. The molecule has 1 amide bonds. The van der Waals surface area contributed by atoms with Gasteiger partial charge in [-0.2, -0.15) is 0 Å². The van der Waals surface area contributed by atoms with E-state index in [1.54, 1.807) is 0 Å². The van der Waals surface area contributed by atoms with E-state index in [-0.39, 0.29) is 6.04 Å². The number of piperidine rings is 1. The minimum Gasteiger partial charge on any atom is -0.339 e. The van der Waals surface area contributed by atoms with Gasteiger partial charge in [0.25, 0.3) is 0 Å². The summed E-state index contributed by atoms with van der Waals surface area (Å²) in [6.45, 7) is 12.5. The largest absolute Gasteiger partial charge is 0.339 e. The second kappa shape index (κ2) is 6.97. The fourth-order valence-corrected chi connectivity index (χ4v) is 5.05. The molecule has 0 radical (unpaired) electrons. The van der Waals surface area contributed by atoms with E-state index in [9.17, 15) is 4.79 Å². The van der Waals surface area contributed by atoms with E-state index in [0.29, 0.717) is 17.9 Å². The first kappa shape index (κ1) is 18.0. The van der Waals surface area contributed by atoms with E-state index in [1.165, 1.54) is 17.2 Å². The maximum atomic E-state index is 12.7. The number of nitrogens with zero attached hydrogens (tertiary/aromatic N) is 5. The molecule has 1 unspecified atom stereocenters. The summed E-state index contributed by atoms with van der Waals surface area (Å²) in [6, 6.07) is 0.434. The lowest BCUT2D eigenvalue weighted by Crippen LogP contribution is -2.46. The SMILES string of the molecule is Cc1nc(C2CCN(C3CCN(C(C)C)C3=O)CC2)c2n1CCN(C)C2. The number of likely N-dealkylation sites (tertiary alicyclic amines) is 2. The zero-order valence-corrected chi connectivity index (χ0v) is 16.7. The number of aryl methyl sites for hydroxylation is 1. The fraction of sp³-hybridized carbons (Fsp3) is 0.800. The van der Waals surface area contributed by atoms with Gasteiger partial charge in [-0.1, -0.05) is 0 Å². The second-order valence-electron chi connectivity index (χ2n) is 8.62. The molecule has 2 saturated heterocycles. The number of fused-ring (bicyclic) bond motifs is 1. The van der Waals surface area contributed by atoms with Crippen molar-refractivity contribution in [1.29, 1.82) is 0 Å². The van der Waals surface area contributed by atoms with Crippen molar-refractivity contribution in [3.8, 4) is 0 Å². The highest BCUT2D eigenvalue weighted by molar-refractivity contribution is 5.84. The summed E-state index contributed by atoms with van der Waals surface area (Å²) in [7, 11) is 2.20. The summed E-state index contributed by atoms with van der Waals surface area (Å²) in [5.41, 5.74) is 2.76. The van der Waals surface area contributed by atoms with E-state index in [0.717, 1.165) is 58.5 Å². The van der Waals surface area contributed by atoms with Crippen LogP contribution in [0.1, 0.15) is 56.2 Å². The smallest absolute Gasteiger partial charge is 0.240 e. The van der Waals surface area contributed by atoms with Gasteiger partial charge in [-0.05, 0) is 60.2 Å². The molecule has 0 aromatic carbocycles. The molecular formula is C20H33N5O. The molecule has 0 spiro atoms. The third kappa shape index (κ3) is 3.07. The van der Waals surface area contributed by atoms with E-state index in [2.05, 4.69) is 42.2 Å². The first-order valence-electron chi connectivity index (χ1n) is 10.2. The summed E-state index contributed by atoms with van der Waals surface area (Å²) in [5.74, 6) is 2.06. The Morgan fingerprint density at radius 2 is 1.77 bits per heavy atom. The van der Waals surface area contributed by atoms with Crippen LogP contribution in [0.25, 0.3) is 0 Å². The molecule has 1 atom stereocenters. The summed E-state index contributed by atoms with van der Waals surface area (Å²) in [4.78, 5) is 24.5. The van der Waals surface area contributed by atoms with Crippen LogP contribution in [-0.2, 0) is 17.9 Å². The Hall–Kier alpha value is -1.40. The Bertz CT molecular complexity index is 674. The minimum absolute atomic E-state index is 0.113. The molecule has 2 fully saturated rings. The summed E-state index contributed by atoms with van der Waals surface area (Å²) in [5, 5.41) is 0. The lowest BCUT2D eigenvalue weighted by molar-refractivity contribution is -0.133. The van der Waals surface area contributed by atoms with Crippen LogP contribution in [0.3, 0.4) is 0 Å². The van der Waals surface area contributed by atoms with E-state index < -0.39 is 0 Å². The quantitative estimate of drug-likeness (QED) is 0.826. The van der Waals surface area contributed by atoms with E-state index in [4.69, 9.17) is 4.98 Å². The normalized spacial score (nSPS) is 26.1. The number of amides is 1. The topological polar surface area (TPSA) is 44.6 Å². The molecule has 0 bridgehead atoms. The van der Waals surface area contributed by atoms with Crippen LogP contribution < -0.4 is 0 Å². The van der Waals surface area contributed by atoms with Gasteiger partial charge in [-0.3, -0.25) is 14.6 Å². The van der Waals surface area contributed by atoms with E-state index in [1.807, 2.05) is 4.90 Å². The van der Waals surface area contributed by atoms with Crippen molar-refractivity contribution in [2.45, 2.75) is 71.1 Å². The van der Waals surface area contributed by atoms with Gasteiger partial charge in [-0.25, -0.2) is 4.98 Å². The molecule has 6 nitrogen and oxygen atoms in total. The highest BCUT2D eigenvalue weighted by Crippen LogP contribution is 2.34. The molecule has 4 rings (SSSR count). The summed E-state index contributed by atoms with van der Waals surface area (Å²) >= 11 is 0. The van der Waals surface area contributed by atoms with E-state index >= 15 is 0 Å². The van der Waals surface area contributed by atoms with Crippen molar-refractivity contribution in [1.82, 2.24) is 24.3 Å². The molecule has 26 heavy (non-hydrogen) atoms.